The van der Waals surface area contributed by atoms with Crippen LogP contribution in [0.15, 0.2) is 35.2 Å². The zero-order chi connectivity index (χ0) is 15.6. The van der Waals surface area contributed by atoms with Gasteiger partial charge < -0.3 is 9.84 Å². The van der Waals surface area contributed by atoms with Crippen molar-refractivity contribution >= 4 is 17.7 Å². The van der Waals surface area contributed by atoms with Crippen LogP contribution in [0.2, 0.25) is 0 Å². The van der Waals surface area contributed by atoms with Gasteiger partial charge in [0, 0.05) is 23.7 Å². The Balaban J connectivity index is 1.60. The van der Waals surface area contributed by atoms with Gasteiger partial charge in [0.15, 0.2) is 0 Å². The molecule has 1 heterocycles. The van der Waals surface area contributed by atoms with Gasteiger partial charge in [0.05, 0.1) is 6.61 Å². The molecule has 1 aliphatic heterocycles. The summed E-state index contributed by atoms with van der Waals surface area (Å²) in [5.74, 6) is 1.79. The summed E-state index contributed by atoms with van der Waals surface area (Å²) in [6.45, 7) is 1.79. The van der Waals surface area contributed by atoms with Crippen molar-refractivity contribution in [3.63, 3.8) is 0 Å². The van der Waals surface area contributed by atoms with Gasteiger partial charge in [0.25, 0.3) is 0 Å². The van der Waals surface area contributed by atoms with Gasteiger partial charge >= 0.3 is 5.97 Å². The third kappa shape index (κ3) is 6.41. The van der Waals surface area contributed by atoms with Crippen molar-refractivity contribution in [1.29, 1.82) is 0 Å². The zero-order valence-electron chi connectivity index (χ0n) is 13.1. The fourth-order valence-corrected chi connectivity index (χ4v) is 4.03. The van der Waals surface area contributed by atoms with Crippen LogP contribution in [0.1, 0.15) is 38.5 Å². The Morgan fingerprint density at radius 2 is 1.82 bits per heavy atom. The van der Waals surface area contributed by atoms with Crippen LogP contribution >= 0.6 is 11.8 Å². The summed E-state index contributed by atoms with van der Waals surface area (Å²) in [7, 11) is 0. The highest BCUT2D eigenvalue weighted by Crippen LogP contribution is 2.31. The van der Waals surface area contributed by atoms with Crippen molar-refractivity contribution in [2.24, 2.45) is 11.8 Å². The van der Waals surface area contributed by atoms with Crippen LogP contribution < -0.4 is 0 Å². The quantitative estimate of drug-likeness (QED) is 0.510. The third-order valence-corrected chi connectivity index (χ3v) is 5.45. The van der Waals surface area contributed by atoms with E-state index in [-0.39, 0.29) is 0 Å². The number of ether oxygens (including phenoxy) is 1. The molecule has 1 aliphatic rings. The fraction of sp³-hybridized carbons (Fsp3) is 0.611. The maximum Gasteiger partial charge on any atom is 0.303 e. The summed E-state index contributed by atoms with van der Waals surface area (Å²) in [5, 5.41) is 8.61. The number of benzene rings is 1. The van der Waals surface area contributed by atoms with Crippen molar-refractivity contribution in [1.82, 2.24) is 0 Å². The largest absolute Gasteiger partial charge is 0.481 e. The summed E-state index contributed by atoms with van der Waals surface area (Å²) in [4.78, 5) is 11.8. The van der Waals surface area contributed by atoms with Gasteiger partial charge in [-0.25, -0.2) is 0 Å². The van der Waals surface area contributed by atoms with E-state index >= 15 is 0 Å². The second-order valence-electron chi connectivity index (χ2n) is 6.03. The molecule has 0 radical (unpaired) electrons. The van der Waals surface area contributed by atoms with Crippen LogP contribution in [-0.4, -0.2) is 30.0 Å². The maximum absolute atomic E-state index is 10.5. The highest BCUT2D eigenvalue weighted by molar-refractivity contribution is 7.99. The lowest BCUT2D eigenvalue weighted by molar-refractivity contribution is -0.137. The average Bonchev–Trinajstić information content (AvgIpc) is 2.97. The number of thioether (sulfide) groups is 1. The van der Waals surface area contributed by atoms with Crippen molar-refractivity contribution in [3.05, 3.63) is 30.3 Å². The molecular formula is C18H26O3S. The van der Waals surface area contributed by atoms with E-state index in [4.69, 9.17) is 9.84 Å². The van der Waals surface area contributed by atoms with Gasteiger partial charge in [-0.2, -0.15) is 0 Å². The van der Waals surface area contributed by atoms with E-state index in [9.17, 15) is 4.79 Å². The number of hydrogen-bond donors (Lipinski definition) is 1. The minimum Gasteiger partial charge on any atom is -0.481 e. The van der Waals surface area contributed by atoms with Crippen molar-refractivity contribution in [2.75, 3.05) is 19.0 Å². The van der Waals surface area contributed by atoms with E-state index in [1.165, 1.54) is 17.7 Å². The lowest BCUT2D eigenvalue weighted by Gasteiger charge is -2.17. The van der Waals surface area contributed by atoms with Crippen LogP contribution in [0, 0.1) is 11.8 Å². The molecule has 1 N–H and O–H groups in total. The highest BCUT2D eigenvalue weighted by Gasteiger charge is 2.27. The maximum atomic E-state index is 10.5. The predicted molar refractivity (Wildman–Crippen MR) is 90.3 cm³/mol. The number of aliphatic carboxylic acids is 1. The molecule has 0 unspecified atom stereocenters. The Morgan fingerprint density at radius 1 is 1.09 bits per heavy atom. The minimum absolute atomic E-state index is 0.308. The monoisotopic (exact) mass is 322 g/mol. The summed E-state index contributed by atoms with van der Waals surface area (Å²) in [6, 6.07) is 10.6. The Hall–Kier alpha value is -1.00. The number of carboxylic acid groups (broad SMARTS) is 1. The first-order valence-electron chi connectivity index (χ1n) is 8.23. The van der Waals surface area contributed by atoms with Crippen LogP contribution in [0.3, 0.4) is 0 Å². The Bertz CT molecular complexity index is 435. The van der Waals surface area contributed by atoms with Crippen molar-refractivity contribution in [2.45, 2.75) is 43.4 Å². The molecule has 1 aromatic carbocycles. The van der Waals surface area contributed by atoms with Crippen molar-refractivity contribution in [3.8, 4) is 0 Å². The van der Waals surface area contributed by atoms with Crippen molar-refractivity contribution < 1.29 is 14.6 Å². The van der Waals surface area contributed by atoms with Gasteiger partial charge in [-0.3, -0.25) is 4.79 Å². The van der Waals surface area contributed by atoms with E-state index in [0.717, 1.165) is 38.2 Å². The first kappa shape index (κ1) is 17.4. The molecule has 1 saturated heterocycles. The molecule has 2 atom stereocenters. The molecule has 122 valence electrons. The molecule has 22 heavy (non-hydrogen) atoms. The van der Waals surface area contributed by atoms with Gasteiger partial charge in [0.1, 0.15) is 0 Å². The number of rotatable bonds is 10. The molecule has 1 fully saturated rings. The lowest BCUT2D eigenvalue weighted by Crippen LogP contribution is -2.15. The number of carbonyl (C=O) groups is 1. The molecule has 0 amide bonds. The van der Waals surface area contributed by atoms with E-state index in [0.29, 0.717) is 18.3 Å². The standard InChI is InChI=1S/C18H26O3S/c19-18(20)11-7-2-1-4-8-15-12-21-13-16(15)14-22-17-9-5-3-6-10-17/h3,5-6,9-10,15-16H,1-2,4,7-8,11-14H2,(H,19,20)/t15-,16-/m0/s1. The molecule has 3 nitrogen and oxygen atoms in total. The zero-order valence-corrected chi connectivity index (χ0v) is 13.9. The smallest absolute Gasteiger partial charge is 0.303 e. The normalized spacial score (nSPS) is 21.1. The molecule has 0 aliphatic carbocycles. The second kappa shape index (κ2) is 9.90. The number of unbranched alkanes of at least 4 members (excludes halogenated alkanes) is 3. The van der Waals surface area contributed by atoms with E-state index in [1.807, 2.05) is 11.8 Å². The van der Waals surface area contributed by atoms with Crippen LogP contribution in [0.25, 0.3) is 0 Å². The molecular weight excluding hydrogens is 296 g/mol. The van der Waals surface area contributed by atoms with Crippen LogP contribution in [0.5, 0.6) is 0 Å². The SMILES string of the molecule is O=C(O)CCCCCC[C@H]1COC[C@H]1CSc1ccccc1. The molecule has 2 rings (SSSR count). The Labute approximate surface area is 137 Å². The summed E-state index contributed by atoms with van der Waals surface area (Å²) in [6.07, 6.45) is 5.70. The summed E-state index contributed by atoms with van der Waals surface area (Å²) < 4.78 is 5.68. The van der Waals surface area contributed by atoms with Gasteiger partial charge in [-0.1, -0.05) is 37.5 Å². The summed E-state index contributed by atoms with van der Waals surface area (Å²) >= 11 is 1.93. The molecule has 1 aromatic rings. The highest BCUT2D eigenvalue weighted by atomic mass is 32.2. The van der Waals surface area contributed by atoms with Crippen LogP contribution in [0.4, 0.5) is 0 Å². The van der Waals surface area contributed by atoms with E-state index < -0.39 is 5.97 Å². The molecule has 0 aromatic heterocycles. The van der Waals surface area contributed by atoms with Gasteiger partial charge in [-0.05, 0) is 36.8 Å². The molecule has 0 bridgehead atoms. The van der Waals surface area contributed by atoms with E-state index in [2.05, 4.69) is 30.3 Å². The average molecular weight is 322 g/mol. The Morgan fingerprint density at radius 3 is 2.59 bits per heavy atom. The first-order chi connectivity index (χ1) is 10.8. The third-order valence-electron chi connectivity index (χ3n) is 4.25. The first-order valence-corrected chi connectivity index (χ1v) is 9.21. The van der Waals surface area contributed by atoms with Gasteiger partial charge in [-0.15, -0.1) is 11.8 Å². The molecule has 4 heteroatoms. The second-order valence-corrected chi connectivity index (χ2v) is 7.12. The molecule has 0 spiro atoms. The number of carboxylic acids is 1. The molecule has 0 saturated carbocycles. The fourth-order valence-electron chi connectivity index (χ4n) is 2.90. The predicted octanol–water partition coefficient (Wildman–Crippen LogP) is 4.47. The van der Waals surface area contributed by atoms with Crippen LogP contribution in [-0.2, 0) is 9.53 Å². The lowest BCUT2D eigenvalue weighted by atomic mass is 9.92. The Kier molecular flexibility index (Phi) is 7.81. The van der Waals surface area contributed by atoms with E-state index in [1.54, 1.807) is 0 Å². The number of hydrogen-bond acceptors (Lipinski definition) is 3. The van der Waals surface area contributed by atoms with Gasteiger partial charge in [0.2, 0.25) is 0 Å². The topological polar surface area (TPSA) is 46.5 Å². The summed E-state index contributed by atoms with van der Waals surface area (Å²) in [5.41, 5.74) is 0. The minimum atomic E-state index is -0.679.